The number of nitrogens with zero attached hydrogens (tertiary/aromatic N) is 1. The Hall–Kier alpha value is -4.06. The van der Waals surface area contributed by atoms with Gasteiger partial charge < -0.3 is 19.8 Å². The van der Waals surface area contributed by atoms with E-state index >= 15 is 0 Å². The van der Waals surface area contributed by atoms with Crippen molar-refractivity contribution >= 4 is 29.8 Å². The molecule has 0 atom stereocenters. The predicted molar refractivity (Wildman–Crippen MR) is 133 cm³/mol. The fourth-order valence-electron chi connectivity index (χ4n) is 5.77. The fourth-order valence-corrected chi connectivity index (χ4v) is 5.77. The molecule has 0 fully saturated rings. The smallest absolute Gasteiger partial charge is 0.336 e. The van der Waals surface area contributed by atoms with Crippen molar-refractivity contribution in [3.05, 3.63) is 86.3 Å². The molecule has 3 aromatic carbocycles. The summed E-state index contributed by atoms with van der Waals surface area (Å²) in [5, 5.41) is 21.1. The van der Waals surface area contributed by atoms with E-state index in [4.69, 9.17) is 4.74 Å². The van der Waals surface area contributed by atoms with Crippen LogP contribution in [0.15, 0.2) is 42.5 Å². The number of fused-ring (bicyclic) bond motifs is 3. The summed E-state index contributed by atoms with van der Waals surface area (Å²) in [6.45, 7) is 6.12. The van der Waals surface area contributed by atoms with Crippen LogP contribution in [0.1, 0.15) is 62.2 Å². The van der Waals surface area contributed by atoms with Gasteiger partial charge in [0, 0.05) is 40.7 Å². The molecule has 6 nitrogen and oxygen atoms in total. The van der Waals surface area contributed by atoms with Crippen LogP contribution in [0.25, 0.3) is 12.2 Å². The maximum atomic E-state index is 12.3. The van der Waals surface area contributed by atoms with Crippen molar-refractivity contribution in [2.45, 2.75) is 32.1 Å². The molecule has 0 bridgehead atoms. The molecule has 0 radical (unpaired) electrons. The molecule has 35 heavy (non-hydrogen) atoms. The summed E-state index contributed by atoms with van der Waals surface area (Å²) in [6, 6.07) is 12.2. The lowest BCUT2D eigenvalue weighted by Crippen LogP contribution is -2.31. The summed E-state index contributed by atoms with van der Waals surface area (Å²) in [4.78, 5) is 26.4. The molecule has 0 spiro atoms. The van der Waals surface area contributed by atoms with Crippen LogP contribution in [0, 0.1) is 0 Å². The van der Waals surface area contributed by atoms with Gasteiger partial charge in [-0.3, -0.25) is 0 Å². The summed E-state index contributed by atoms with van der Waals surface area (Å²) in [7, 11) is 0. The average molecular weight is 468 g/mol. The van der Waals surface area contributed by atoms with Crippen molar-refractivity contribution < 1.29 is 24.5 Å². The molecular formula is C29H25NO5. The molecule has 2 N–H and O–H groups in total. The van der Waals surface area contributed by atoms with Crippen LogP contribution < -0.4 is 20.1 Å². The Kier molecular flexibility index (Phi) is 4.92. The van der Waals surface area contributed by atoms with Gasteiger partial charge in [0.15, 0.2) is 0 Å². The van der Waals surface area contributed by atoms with Crippen LogP contribution in [0.3, 0.4) is 0 Å². The molecule has 3 heterocycles. The summed E-state index contributed by atoms with van der Waals surface area (Å²) in [5.74, 6) is -0.905. The number of rotatable bonds is 3. The summed E-state index contributed by atoms with van der Waals surface area (Å²) in [5.41, 5.74) is 5.76. The second kappa shape index (κ2) is 8.01. The van der Waals surface area contributed by atoms with Gasteiger partial charge in [-0.25, -0.2) is 9.59 Å². The van der Waals surface area contributed by atoms with Crippen molar-refractivity contribution in [1.29, 1.82) is 0 Å². The van der Waals surface area contributed by atoms with Gasteiger partial charge in [0.25, 0.3) is 0 Å². The van der Waals surface area contributed by atoms with E-state index in [1.165, 1.54) is 28.9 Å². The third kappa shape index (κ3) is 3.40. The molecule has 0 saturated carbocycles. The second-order valence-corrected chi connectivity index (χ2v) is 9.47. The first-order valence-electron chi connectivity index (χ1n) is 12.0. The number of hydrogen-bond donors (Lipinski definition) is 2. The molecule has 0 saturated heterocycles. The summed E-state index contributed by atoms with van der Waals surface area (Å²) < 4.78 is 6.55. The lowest BCUT2D eigenvalue weighted by Gasteiger charge is -2.35. The predicted octanol–water partition coefficient (Wildman–Crippen LogP) is 3.94. The number of benzene rings is 3. The first kappa shape index (κ1) is 21.5. The lowest BCUT2D eigenvalue weighted by atomic mass is 9.84. The zero-order valence-electron chi connectivity index (χ0n) is 19.3. The monoisotopic (exact) mass is 467 g/mol. The van der Waals surface area contributed by atoms with Crippen molar-refractivity contribution in [2.24, 2.45) is 0 Å². The van der Waals surface area contributed by atoms with Gasteiger partial charge in [-0.1, -0.05) is 24.8 Å². The van der Waals surface area contributed by atoms with E-state index in [1.807, 2.05) is 18.2 Å². The van der Waals surface area contributed by atoms with Crippen LogP contribution in [0.4, 0.5) is 5.69 Å². The van der Waals surface area contributed by atoms with Crippen molar-refractivity contribution in [3.8, 4) is 11.5 Å². The first-order chi connectivity index (χ1) is 16.9. The number of aromatic carboxylic acids is 2. The molecule has 0 aliphatic carbocycles. The second-order valence-electron chi connectivity index (χ2n) is 9.47. The van der Waals surface area contributed by atoms with E-state index in [-0.39, 0.29) is 11.1 Å². The highest BCUT2D eigenvalue weighted by molar-refractivity contribution is 6.01. The number of ether oxygens (including phenoxy) is 1. The molecule has 6 heteroatoms. The lowest BCUT2D eigenvalue weighted by molar-refractivity contribution is 0.0695. The van der Waals surface area contributed by atoms with Crippen LogP contribution >= 0.6 is 0 Å². The molecule has 0 unspecified atom stereocenters. The Bertz CT molecular complexity index is 1540. The van der Waals surface area contributed by atoms with Crippen LogP contribution in [0.5, 0.6) is 11.5 Å². The van der Waals surface area contributed by atoms with E-state index in [0.29, 0.717) is 11.3 Å². The molecule has 176 valence electrons. The Morgan fingerprint density at radius 3 is 2.51 bits per heavy atom. The quantitative estimate of drug-likeness (QED) is 0.475. The fraction of sp³-hybridized carbons (Fsp3) is 0.241. The highest BCUT2D eigenvalue weighted by Crippen LogP contribution is 2.47. The Morgan fingerprint density at radius 1 is 0.886 bits per heavy atom. The molecule has 3 aromatic rings. The Balaban J connectivity index is 1.72. The molecule has 0 aromatic heterocycles. The van der Waals surface area contributed by atoms with Gasteiger partial charge in [0.2, 0.25) is 0 Å². The maximum Gasteiger partial charge on any atom is 0.336 e. The standard InChI is InChI=1S/C29H25NO5/c1-16-7-9-20-24(13-16)35-27-21-6-4-12-30-11-3-2-5-17(26(21)30)14-23(27)25(20)19-10-8-18(28(31)32)15-22(19)29(33)34/h7-10,13-15H,1-6,11-12H2,(H,31,32)(H,33,34). The molecule has 0 amide bonds. The zero-order chi connectivity index (χ0) is 24.3. The number of carboxylic acid groups (broad SMARTS) is 2. The van der Waals surface area contributed by atoms with Gasteiger partial charge in [-0.05, 0) is 72.7 Å². The molecule has 6 rings (SSSR count). The molecule has 3 aliphatic heterocycles. The van der Waals surface area contributed by atoms with Crippen LogP contribution in [-0.2, 0) is 12.8 Å². The largest absolute Gasteiger partial charge is 0.478 e. The highest BCUT2D eigenvalue weighted by Gasteiger charge is 2.32. The number of anilines is 1. The minimum atomic E-state index is -1.17. The van der Waals surface area contributed by atoms with Crippen molar-refractivity contribution in [2.75, 3.05) is 18.0 Å². The van der Waals surface area contributed by atoms with Gasteiger partial charge in [0.05, 0.1) is 11.1 Å². The van der Waals surface area contributed by atoms with E-state index in [1.54, 1.807) is 6.07 Å². The van der Waals surface area contributed by atoms with Crippen molar-refractivity contribution in [1.82, 2.24) is 0 Å². The third-order valence-corrected chi connectivity index (χ3v) is 7.29. The summed E-state index contributed by atoms with van der Waals surface area (Å²) >= 11 is 0. The third-order valence-electron chi connectivity index (χ3n) is 7.29. The van der Waals surface area contributed by atoms with Gasteiger partial charge in [0.1, 0.15) is 11.5 Å². The average Bonchev–Trinajstić information content (AvgIpc) is 3.05. The summed E-state index contributed by atoms with van der Waals surface area (Å²) in [6.07, 6.45) is 5.15. The number of hydrogen-bond acceptors (Lipinski definition) is 4. The van der Waals surface area contributed by atoms with E-state index < -0.39 is 11.9 Å². The van der Waals surface area contributed by atoms with E-state index in [0.717, 1.165) is 72.5 Å². The topological polar surface area (TPSA) is 87.1 Å². The molecular weight excluding hydrogens is 442 g/mol. The Labute approximate surface area is 202 Å². The number of carboxylic acids is 2. The van der Waals surface area contributed by atoms with E-state index in [9.17, 15) is 19.8 Å². The van der Waals surface area contributed by atoms with Gasteiger partial charge >= 0.3 is 11.9 Å². The van der Waals surface area contributed by atoms with E-state index in [2.05, 4.69) is 17.5 Å². The van der Waals surface area contributed by atoms with Crippen molar-refractivity contribution in [3.63, 3.8) is 0 Å². The molecule has 3 aliphatic rings. The zero-order valence-corrected chi connectivity index (χ0v) is 19.3. The van der Waals surface area contributed by atoms with Crippen LogP contribution in [-0.4, -0.2) is 35.2 Å². The highest BCUT2D eigenvalue weighted by atomic mass is 16.5. The minimum absolute atomic E-state index is 0.0392. The van der Waals surface area contributed by atoms with Gasteiger partial charge in [-0.15, -0.1) is 0 Å². The maximum absolute atomic E-state index is 12.3. The first-order valence-corrected chi connectivity index (χ1v) is 12.0. The Morgan fingerprint density at radius 2 is 1.71 bits per heavy atom. The normalized spacial score (nSPS) is 15.9. The van der Waals surface area contributed by atoms with Crippen LogP contribution in [0.2, 0.25) is 0 Å². The van der Waals surface area contributed by atoms with Gasteiger partial charge in [-0.2, -0.15) is 0 Å². The number of aryl methyl sites for hydroxylation is 1. The number of carbonyl (C=O) groups is 2. The SMILES string of the molecule is C=c1ccc2c(c1)Oc1c(cc3c4c1CCCN4CCCC3)C=2c1ccc(C(=O)O)cc1C(=O)O. The minimum Gasteiger partial charge on any atom is -0.478 e.